The number of ether oxygens (including phenoxy) is 1. The molecular weight excluding hydrogens is 354 g/mol. The van der Waals surface area contributed by atoms with E-state index in [0.29, 0.717) is 12.2 Å². The summed E-state index contributed by atoms with van der Waals surface area (Å²) in [6.07, 6.45) is 5.99. The Morgan fingerprint density at radius 2 is 1.79 bits per heavy atom. The lowest BCUT2D eigenvalue weighted by Crippen LogP contribution is -2.71. The third-order valence-corrected chi connectivity index (χ3v) is 6.66. The summed E-state index contributed by atoms with van der Waals surface area (Å²) in [4.78, 5) is 15.1. The van der Waals surface area contributed by atoms with Gasteiger partial charge in [0.25, 0.3) is 5.91 Å². The molecule has 1 amide bonds. The molecule has 6 aliphatic rings. The van der Waals surface area contributed by atoms with E-state index in [0.717, 1.165) is 36.7 Å². The van der Waals surface area contributed by atoms with Crippen LogP contribution in [-0.4, -0.2) is 48.6 Å². The number of fused-ring (bicyclic) bond motifs is 3. The van der Waals surface area contributed by atoms with E-state index in [-0.39, 0.29) is 18.4 Å². The predicted octanol–water partition coefficient (Wildman–Crippen LogP) is 1.19. The van der Waals surface area contributed by atoms with Crippen molar-refractivity contribution in [2.24, 2.45) is 0 Å². The molecule has 1 saturated carbocycles. The number of nitrogens with one attached hydrogen (secondary N) is 3. The number of carbonyl (C=O) groups excluding carboxylic acids is 1. The summed E-state index contributed by atoms with van der Waals surface area (Å²) >= 11 is 0. The van der Waals surface area contributed by atoms with Crippen LogP contribution in [0, 0.1) is 13.8 Å². The highest BCUT2D eigenvalue weighted by atomic mass is 16.5. The first kappa shape index (κ1) is 17.0. The minimum atomic E-state index is -0.181. The van der Waals surface area contributed by atoms with Gasteiger partial charge < -0.3 is 10.1 Å². The van der Waals surface area contributed by atoms with Crippen molar-refractivity contribution in [3.8, 4) is 0 Å². The van der Waals surface area contributed by atoms with Gasteiger partial charge in [-0.25, -0.2) is 5.43 Å². The maximum atomic E-state index is 12.8. The first-order valence-corrected chi connectivity index (χ1v) is 10.4. The summed E-state index contributed by atoms with van der Waals surface area (Å²) < 4.78 is 5.72. The fourth-order valence-electron chi connectivity index (χ4n) is 5.13. The quantitative estimate of drug-likeness (QED) is 0.731. The zero-order valence-corrected chi connectivity index (χ0v) is 16.4. The van der Waals surface area contributed by atoms with Crippen LogP contribution in [0.15, 0.2) is 23.9 Å². The SMILES string of the molecule is Cc1cc(C2CC2)cc(C)c1N1C=C2C(=O)NC(N3CC4CC(C3)O4)NC2N1. The lowest BCUT2D eigenvalue weighted by Gasteiger charge is -2.50. The lowest BCUT2D eigenvalue weighted by molar-refractivity contribution is -0.194. The minimum Gasteiger partial charge on any atom is -0.372 e. The third-order valence-electron chi connectivity index (χ3n) is 6.66. The minimum absolute atomic E-state index is 0.00572. The van der Waals surface area contributed by atoms with Crippen molar-refractivity contribution in [1.29, 1.82) is 0 Å². The second kappa shape index (κ2) is 6.03. The van der Waals surface area contributed by atoms with Gasteiger partial charge in [0.2, 0.25) is 0 Å². The molecule has 4 saturated heterocycles. The Hall–Kier alpha value is -1.93. The van der Waals surface area contributed by atoms with E-state index in [1.165, 1.54) is 29.5 Å². The number of carbonyl (C=O) groups is 1. The molecule has 0 spiro atoms. The van der Waals surface area contributed by atoms with Gasteiger partial charge in [-0.2, -0.15) is 0 Å². The molecule has 5 heterocycles. The highest BCUT2D eigenvalue weighted by Gasteiger charge is 2.44. The van der Waals surface area contributed by atoms with Crippen LogP contribution in [0.1, 0.15) is 41.9 Å². The topological polar surface area (TPSA) is 68.9 Å². The Bertz CT molecular complexity index is 841. The zero-order chi connectivity index (χ0) is 19.0. The summed E-state index contributed by atoms with van der Waals surface area (Å²) in [7, 11) is 0. The number of hydrogen-bond acceptors (Lipinski definition) is 6. The van der Waals surface area contributed by atoms with Crippen LogP contribution in [0.2, 0.25) is 0 Å². The van der Waals surface area contributed by atoms with Crippen LogP contribution in [0.25, 0.3) is 0 Å². The van der Waals surface area contributed by atoms with E-state index in [9.17, 15) is 4.79 Å². The van der Waals surface area contributed by atoms with Gasteiger partial charge in [-0.3, -0.25) is 20.0 Å². The summed E-state index contributed by atoms with van der Waals surface area (Å²) in [5, 5.41) is 8.69. The number of amides is 1. The van der Waals surface area contributed by atoms with Gasteiger partial charge in [-0.15, -0.1) is 0 Å². The van der Waals surface area contributed by atoms with Crippen molar-refractivity contribution >= 4 is 11.6 Å². The molecule has 7 rings (SSSR count). The fourth-order valence-corrected chi connectivity index (χ4v) is 5.13. The second-order valence-corrected chi connectivity index (χ2v) is 8.91. The van der Waals surface area contributed by atoms with Gasteiger partial charge in [0.1, 0.15) is 12.5 Å². The number of nitrogens with zero attached hydrogens (tertiary/aromatic N) is 2. The Morgan fingerprint density at radius 3 is 2.43 bits per heavy atom. The van der Waals surface area contributed by atoms with Crippen LogP contribution in [-0.2, 0) is 9.53 Å². The van der Waals surface area contributed by atoms with Crippen LogP contribution in [0.4, 0.5) is 5.69 Å². The molecule has 148 valence electrons. The van der Waals surface area contributed by atoms with Crippen molar-refractivity contribution in [1.82, 2.24) is 21.0 Å². The van der Waals surface area contributed by atoms with Crippen LogP contribution in [0.5, 0.6) is 0 Å². The second-order valence-electron chi connectivity index (χ2n) is 8.91. The largest absolute Gasteiger partial charge is 0.372 e. The summed E-state index contributed by atoms with van der Waals surface area (Å²) in [5.74, 6) is 0.737. The number of rotatable bonds is 3. The number of morpholine rings is 1. The number of hydrogen-bond donors (Lipinski definition) is 3. The molecule has 1 aliphatic carbocycles. The summed E-state index contributed by atoms with van der Waals surface area (Å²) in [6, 6.07) is 4.61. The highest BCUT2D eigenvalue weighted by molar-refractivity contribution is 5.97. The smallest absolute Gasteiger partial charge is 0.254 e. The van der Waals surface area contributed by atoms with Gasteiger partial charge in [0, 0.05) is 25.7 Å². The Balaban J connectivity index is 1.22. The molecule has 0 radical (unpaired) electrons. The highest BCUT2D eigenvalue weighted by Crippen LogP contribution is 2.42. The van der Waals surface area contributed by atoms with E-state index in [4.69, 9.17) is 4.74 Å². The average molecular weight is 381 g/mol. The molecule has 28 heavy (non-hydrogen) atoms. The molecule has 4 unspecified atom stereocenters. The number of piperidine rings is 1. The van der Waals surface area contributed by atoms with E-state index >= 15 is 0 Å². The standard InChI is InChI=1S/C21H27N5O2/c1-11-5-14(13-3-4-13)6-12(2)18(11)26-10-17-19(24-26)22-21(23-20(17)27)25-8-15-7-16(9-25)28-15/h5-6,10,13,15-16,19,21-22,24H,3-4,7-9H2,1-2H3,(H,23,27). The Kier molecular flexibility index (Phi) is 3.66. The maximum Gasteiger partial charge on any atom is 0.254 e. The third kappa shape index (κ3) is 2.69. The number of anilines is 1. The van der Waals surface area contributed by atoms with Gasteiger partial charge in [-0.1, -0.05) is 12.1 Å². The first-order chi connectivity index (χ1) is 13.5. The van der Waals surface area contributed by atoms with Crippen molar-refractivity contribution in [2.75, 3.05) is 18.1 Å². The maximum absolute atomic E-state index is 12.8. The summed E-state index contributed by atoms with van der Waals surface area (Å²) in [5.41, 5.74) is 9.31. The van der Waals surface area contributed by atoms with Crippen molar-refractivity contribution in [3.63, 3.8) is 0 Å². The number of hydrazine groups is 1. The molecule has 7 nitrogen and oxygen atoms in total. The number of benzene rings is 1. The number of aryl methyl sites for hydroxylation is 2. The Labute approximate surface area is 165 Å². The van der Waals surface area contributed by atoms with Gasteiger partial charge in [0.05, 0.1) is 23.5 Å². The van der Waals surface area contributed by atoms with E-state index in [1.807, 2.05) is 11.2 Å². The Morgan fingerprint density at radius 1 is 1.11 bits per heavy atom. The van der Waals surface area contributed by atoms with Gasteiger partial charge in [-0.05, 0) is 49.3 Å². The average Bonchev–Trinajstić information content (AvgIpc) is 3.41. The molecule has 3 N–H and O–H groups in total. The van der Waals surface area contributed by atoms with Crippen molar-refractivity contribution < 1.29 is 9.53 Å². The molecule has 7 heteroatoms. The molecule has 2 bridgehead atoms. The molecule has 0 aromatic heterocycles. The molecule has 5 aliphatic heterocycles. The van der Waals surface area contributed by atoms with Crippen molar-refractivity contribution in [3.05, 3.63) is 40.6 Å². The van der Waals surface area contributed by atoms with Crippen LogP contribution in [0.3, 0.4) is 0 Å². The van der Waals surface area contributed by atoms with E-state index in [2.05, 4.69) is 46.9 Å². The van der Waals surface area contributed by atoms with Gasteiger partial charge in [0.15, 0.2) is 0 Å². The van der Waals surface area contributed by atoms with Gasteiger partial charge >= 0.3 is 0 Å². The van der Waals surface area contributed by atoms with E-state index in [1.54, 1.807) is 0 Å². The van der Waals surface area contributed by atoms with Crippen LogP contribution >= 0.6 is 0 Å². The predicted molar refractivity (Wildman–Crippen MR) is 105 cm³/mol. The first-order valence-electron chi connectivity index (χ1n) is 10.4. The van der Waals surface area contributed by atoms with Crippen LogP contribution < -0.4 is 21.1 Å². The summed E-state index contributed by atoms with van der Waals surface area (Å²) in [6.45, 7) is 6.05. The molecule has 1 aromatic rings. The molecule has 4 atom stereocenters. The van der Waals surface area contributed by atoms with E-state index < -0.39 is 0 Å². The van der Waals surface area contributed by atoms with Crippen molar-refractivity contribution in [2.45, 2.75) is 63.7 Å². The normalized spacial score (nSPS) is 34.6. The monoisotopic (exact) mass is 381 g/mol. The molecule has 5 fully saturated rings. The zero-order valence-electron chi connectivity index (χ0n) is 16.4. The lowest BCUT2D eigenvalue weighted by atomic mass is 9.98. The fraction of sp³-hybridized carbons (Fsp3) is 0.571. The molecule has 1 aromatic carbocycles. The molecular formula is C21H27N5O2.